The molecule has 0 aromatic heterocycles. The Morgan fingerprint density at radius 3 is 2.37 bits per heavy atom. The lowest BCUT2D eigenvalue weighted by atomic mass is 10.0. The molecule has 27 heavy (non-hydrogen) atoms. The third-order valence-electron chi connectivity index (χ3n) is 3.56. The van der Waals surface area contributed by atoms with Crippen LogP contribution in [0, 0.1) is 5.92 Å². The number of methoxy groups -OCH3 is 2. The second-order valence-corrected chi connectivity index (χ2v) is 6.15. The fourth-order valence-corrected chi connectivity index (χ4v) is 2.35. The number of esters is 2. The monoisotopic (exact) mass is 381 g/mol. The van der Waals surface area contributed by atoms with Gasteiger partial charge in [-0.05, 0) is 37.5 Å². The van der Waals surface area contributed by atoms with Crippen LogP contribution in [0.4, 0.5) is 0 Å². The summed E-state index contributed by atoms with van der Waals surface area (Å²) in [6.45, 7) is 5.61. The minimum atomic E-state index is -0.785. The molecule has 0 saturated carbocycles. The number of carbonyl (C=O) groups excluding carboxylic acids is 3. The second-order valence-electron chi connectivity index (χ2n) is 6.15. The van der Waals surface area contributed by atoms with Crippen LogP contribution in [0.2, 0.25) is 0 Å². The van der Waals surface area contributed by atoms with Crippen molar-refractivity contribution in [1.82, 2.24) is 5.32 Å². The van der Waals surface area contributed by atoms with Gasteiger partial charge < -0.3 is 24.3 Å². The molecule has 0 aliphatic heterocycles. The first-order valence-electron chi connectivity index (χ1n) is 8.67. The molecule has 0 aliphatic carbocycles. The molecular weight excluding hydrogens is 354 g/mol. The summed E-state index contributed by atoms with van der Waals surface area (Å²) in [4.78, 5) is 35.9. The van der Waals surface area contributed by atoms with Crippen molar-refractivity contribution < 1.29 is 33.3 Å². The number of nitrogens with one attached hydrogen (secondary N) is 1. The lowest BCUT2D eigenvalue weighted by Gasteiger charge is -2.18. The average Bonchev–Trinajstić information content (AvgIpc) is 2.65. The molecule has 8 nitrogen and oxygen atoms in total. The Labute approximate surface area is 159 Å². The molecule has 150 valence electrons. The quantitative estimate of drug-likeness (QED) is 0.618. The van der Waals surface area contributed by atoms with Gasteiger partial charge in [-0.3, -0.25) is 4.79 Å². The Morgan fingerprint density at radius 1 is 1.11 bits per heavy atom. The van der Waals surface area contributed by atoms with Crippen LogP contribution in [-0.2, 0) is 19.1 Å². The van der Waals surface area contributed by atoms with Crippen molar-refractivity contribution in [3.8, 4) is 11.5 Å². The van der Waals surface area contributed by atoms with E-state index < -0.39 is 30.5 Å². The zero-order valence-electron chi connectivity index (χ0n) is 16.4. The van der Waals surface area contributed by atoms with Crippen LogP contribution in [0.1, 0.15) is 37.6 Å². The van der Waals surface area contributed by atoms with E-state index in [-0.39, 0.29) is 11.5 Å². The van der Waals surface area contributed by atoms with Crippen molar-refractivity contribution in [1.29, 1.82) is 0 Å². The minimum Gasteiger partial charge on any atom is -0.493 e. The standard InChI is InChI=1S/C19H27NO7/c1-6-26-15-8-7-13(10-16(15)24-4)18(22)27-11-17(21)20-14(9-12(2)3)19(23)25-5/h7-8,10,12,14H,6,9,11H2,1-5H3,(H,20,21)/t14-/m0/s1. The molecule has 1 aromatic rings. The fraction of sp³-hybridized carbons (Fsp3) is 0.526. The summed E-state index contributed by atoms with van der Waals surface area (Å²) in [6.07, 6.45) is 0.419. The number of amides is 1. The Morgan fingerprint density at radius 2 is 1.81 bits per heavy atom. The molecule has 0 bridgehead atoms. The largest absolute Gasteiger partial charge is 0.493 e. The van der Waals surface area contributed by atoms with Crippen molar-refractivity contribution in [3.05, 3.63) is 23.8 Å². The van der Waals surface area contributed by atoms with E-state index in [4.69, 9.17) is 14.2 Å². The Kier molecular flexibility index (Phi) is 9.12. The van der Waals surface area contributed by atoms with Gasteiger partial charge in [-0.1, -0.05) is 13.8 Å². The molecule has 1 N–H and O–H groups in total. The maximum absolute atomic E-state index is 12.1. The average molecular weight is 381 g/mol. The van der Waals surface area contributed by atoms with E-state index in [0.717, 1.165) is 0 Å². The number of carbonyl (C=O) groups is 3. The summed E-state index contributed by atoms with van der Waals surface area (Å²) in [5, 5.41) is 2.52. The predicted octanol–water partition coefficient (Wildman–Crippen LogP) is 1.95. The molecule has 0 saturated heterocycles. The highest BCUT2D eigenvalue weighted by Crippen LogP contribution is 2.28. The molecule has 1 rings (SSSR count). The normalized spacial score (nSPS) is 11.5. The van der Waals surface area contributed by atoms with Gasteiger partial charge in [0.2, 0.25) is 0 Å². The number of ether oxygens (including phenoxy) is 4. The van der Waals surface area contributed by atoms with E-state index in [1.54, 1.807) is 6.07 Å². The first kappa shape index (κ1) is 22.3. The van der Waals surface area contributed by atoms with E-state index in [9.17, 15) is 14.4 Å². The van der Waals surface area contributed by atoms with Crippen molar-refractivity contribution in [2.24, 2.45) is 5.92 Å². The zero-order chi connectivity index (χ0) is 20.4. The molecule has 1 amide bonds. The van der Waals surface area contributed by atoms with E-state index in [0.29, 0.717) is 24.5 Å². The Balaban J connectivity index is 2.67. The smallest absolute Gasteiger partial charge is 0.338 e. The highest BCUT2D eigenvalue weighted by molar-refractivity contribution is 5.92. The molecule has 0 aliphatic rings. The zero-order valence-corrected chi connectivity index (χ0v) is 16.4. The molecule has 0 spiro atoms. The van der Waals surface area contributed by atoms with Crippen LogP contribution < -0.4 is 14.8 Å². The molecule has 0 unspecified atom stereocenters. The third-order valence-corrected chi connectivity index (χ3v) is 3.56. The van der Waals surface area contributed by atoms with Crippen LogP contribution in [0.3, 0.4) is 0 Å². The summed E-state index contributed by atoms with van der Waals surface area (Å²) in [5.41, 5.74) is 0.217. The van der Waals surface area contributed by atoms with Crippen LogP contribution in [0.5, 0.6) is 11.5 Å². The van der Waals surface area contributed by atoms with Gasteiger partial charge in [-0.25, -0.2) is 9.59 Å². The van der Waals surface area contributed by atoms with Crippen molar-refractivity contribution in [2.75, 3.05) is 27.4 Å². The summed E-state index contributed by atoms with van der Waals surface area (Å²) in [5.74, 6) is -0.752. The van der Waals surface area contributed by atoms with Gasteiger partial charge >= 0.3 is 11.9 Å². The van der Waals surface area contributed by atoms with Crippen molar-refractivity contribution in [2.45, 2.75) is 33.2 Å². The van der Waals surface area contributed by atoms with Crippen molar-refractivity contribution in [3.63, 3.8) is 0 Å². The number of benzene rings is 1. The molecule has 0 radical (unpaired) electrons. The maximum Gasteiger partial charge on any atom is 0.338 e. The summed E-state index contributed by atoms with van der Waals surface area (Å²) in [7, 11) is 2.71. The van der Waals surface area contributed by atoms with Crippen LogP contribution in [0.15, 0.2) is 18.2 Å². The topological polar surface area (TPSA) is 100 Å². The van der Waals surface area contributed by atoms with Crippen LogP contribution in [-0.4, -0.2) is 51.3 Å². The summed E-state index contributed by atoms with van der Waals surface area (Å²) >= 11 is 0. The molecule has 0 fully saturated rings. The predicted molar refractivity (Wildman–Crippen MR) is 97.8 cm³/mol. The molecule has 1 aromatic carbocycles. The molecule has 8 heteroatoms. The van der Waals surface area contributed by atoms with Gasteiger partial charge in [0.05, 0.1) is 26.4 Å². The van der Waals surface area contributed by atoms with Crippen LogP contribution >= 0.6 is 0 Å². The van der Waals surface area contributed by atoms with E-state index in [2.05, 4.69) is 10.1 Å². The first-order chi connectivity index (χ1) is 12.8. The first-order valence-corrected chi connectivity index (χ1v) is 8.67. The van der Waals surface area contributed by atoms with E-state index in [1.807, 2.05) is 20.8 Å². The van der Waals surface area contributed by atoms with Gasteiger partial charge in [-0.2, -0.15) is 0 Å². The fourth-order valence-electron chi connectivity index (χ4n) is 2.35. The van der Waals surface area contributed by atoms with Gasteiger partial charge in [0.1, 0.15) is 6.04 Å². The van der Waals surface area contributed by atoms with Gasteiger partial charge in [-0.15, -0.1) is 0 Å². The summed E-state index contributed by atoms with van der Waals surface area (Å²) in [6, 6.07) is 3.80. The van der Waals surface area contributed by atoms with Crippen LogP contribution in [0.25, 0.3) is 0 Å². The highest BCUT2D eigenvalue weighted by atomic mass is 16.5. The lowest BCUT2D eigenvalue weighted by Crippen LogP contribution is -2.44. The molecular formula is C19H27NO7. The van der Waals surface area contributed by atoms with E-state index in [1.165, 1.54) is 26.4 Å². The maximum atomic E-state index is 12.1. The number of rotatable bonds is 10. The second kappa shape index (κ2) is 11.1. The Bertz CT molecular complexity index is 657. The SMILES string of the molecule is CCOc1ccc(C(=O)OCC(=O)N[C@@H](CC(C)C)C(=O)OC)cc1OC. The highest BCUT2D eigenvalue weighted by Gasteiger charge is 2.23. The van der Waals surface area contributed by atoms with Crippen molar-refractivity contribution >= 4 is 17.8 Å². The van der Waals surface area contributed by atoms with Gasteiger partial charge in [0.25, 0.3) is 5.91 Å². The van der Waals surface area contributed by atoms with Gasteiger partial charge in [0.15, 0.2) is 18.1 Å². The molecule has 1 atom stereocenters. The number of hydrogen-bond donors (Lipinski definition) is 1. The summed E-state index contributed by atoms with van der Waals surface area (Å²) < 4.78 is 20.3. The van der Waals surface area contributed by atoms with Gasteiger partial charge in [0, 0.05) is 0 Å². The lowest BCUT2D eigenvalue weighted by molar-refractivity contribution is -0.145. The molecule has 0 heterocycles. The number of hydrogen-bond acceptors (Lipinski definition) is 7. The van der Waals surface area contributed by atoms with E-state index >= 15 is 0 Å². The third kappa shape index (κ3) is 7.16. The minimum absolute atomic E-state index is 0.174. The Hall–Kier alpha value is -2.77.